The summed E-state index contributed by atoms with van der Waals surface area (Å²) < 4.78 is 5.78. The molecule has 1 unspecified atom stereocenters. The number of amides is 1. The van der Waals surface area contributed by atoms with E-state index in [2.05, 4.69) is 15.1 Å². The molecule has 5 aromatic carbocycles. The van der Waals surface area contributed by atoms with Gasteiger partial charge in [-0.15, -0.1) is 0 Å². The number of piperazine rings is 1. The van der Waals surface area contributed by atoms with Gasteiger partial charge in [-0.3, -0.25) is 9.69 Å². The SMILES string of the molecule is O=C(Nc1ccc(N2CCN(C(C(=O)Oc3ccccc3)c3ccccc3)CC2)cc1)c1ccccc1-c1ccccc1. The molecular weight excluding hydrogens is 534 g/mol. The summed E-state index contributed by atoms with van der Waals surface area (Å²) in [5, 5.41) is 3.05. The largest absolute Gasteiger partial charge is 0.425 e. The molecule has 6 nitrogen and oxygen atoms in total. The maximum Gasteiger partial charge on any atom is 0.333 e. The summed E-state index contributed by atoms with van der Waals surface area (Å²) in [5.74, 6) is 0.123. The lowest BCUT2D eigenvalue weighted by Crippen LogP contribution is -2.50. The highest BCUT2D eigenvalue weighted by Crippen LogP contribution is 2.28. The second-order valence-electron chi connectivity index (χ2n) is 10.5. The monoisotopic (exact) mass is 567 g/mol. The van der Waals surface area contributed by atoms with E-state index in [9.17, 15) is 9.59 Å². The van der Waals surface area contributed by atoms with Crippen molar-refractivity contribution < 1.29 is 14.3 Å². The first kappa shape index (κ1) is 27.9. The zero-order valence-corrected chi connectivity index (χ0v) is 23.8. The number of benzene rings is 5. The van der Waals surface area contributed by atoms with Gasteiger partial charge in [0.2, 0.25) is 0 Å². The molecule has 0 aromatic heterocycles. The maximum atomic E-state index is 13.4. The lowest BCUT2D eigenvalue weighted by molar-refractivity contribution is -0.141. The summed E-state index contributed by atoms with van der Waals surface area (Å²) in [6.45, 7) is 2.94. The van der Waals surface area contributed by atoms with Crippen LogP contribution in [0.25, 0.3) is 11.1 Å². The highest BCUT2D eigenvalue weighted by molar-refractivity contribution is 6.08. The van der Waals surface area contributed by atoms with Gasteiger partial charge in [0.15, 0.2) is 0 Å². The van der Waals surface area contributed by atoms with E-state index in [-0.39, 0.29) is 11.9 Å². The van der Waals surface area contributed by atoms with E-state index < -0.39 is 6.04 Å². The van der Waals surface area contributed by atoms with E-state index in [1.165, 1.54) is 0 Å². The molecule has 1 fully saturated rings. The number of nitrogens with one attached hydrogen (secondary N) is 1. The maximum absolute atomic E-state index is 13.4. The molecule has 1 saturated heterocycles. The number of rotatable bonds is 8. The summed E-state index contributed by atoms with van der Waals surface area (Å²) >= 11 is 0. The van der Waals surface area contributed by atoms with Crippen LogP contribution in [0.5, 0.6) is 5.75 Å². The van der Waals surface area contributed by atoms with E-state index in [0.29, 0.717) is 24.4 Å². The van der Waals surface area contributed by atoms with Gasteiger partial charge in [-0.1, -0.05) is 97.1 Å². The Balaban J connectivity index is 1.10. The first-order valence-electron chi connectivity index (χ1n) is 14.5. The molecule has 6 rings (SSSR count). The minimum Gasteiger partial charge on any atom is -0.425 e. The molecule has 6 heteroatoms. The van der Waals surface area contributed by atoms with Crippen LogP contribution in [0, 0.1) is 0 Å². The van der Waals surface area contributed by atoms with Crippen molar-refractivity contribution >= 4 is 23.3 Å². The molecule has 5 aromatic rings. The van der Waals surface area contributed by atoms with Crippen LogP contribution in [0.2, 0.25) is 0 Å². The molecule has 0 aliphatic carbocycles. The third-order valence-electron chi connectivity index (χ3n) is 7.73. The van der Waals surface area contributed by atoms with Gasteiger partial charge in [0, 0.05) is 43.1 Å². The van der Waals surface area contributed by atoms with Gasteiger partial charge in [0.05, 0.1) is 0 Å². The van der Waals surface area contributed by atoms with Crippen molar-refractivity contribution in [2.75, 3.05) is 36.4 Å². The van der Waals surface area contributed by atoms with E-state index in [1.54, 1.807) is 12.1 Å². The molecule has 1 aliphatic rings. The van der Waals surface area contributed by atoms with Crippen LogP contribution in [-0.4, -0.2) is 43.0 Å². The van der Waals surface area contributed by atoms with Gasteiger partial charge in [-0.05, 0) is 59.2 Å². The zero-order chi connectivity index (χ0) is 29.4. The number of para-hydroxylation sites is 1. The predicted octanol–water partition coefficient (Wildman–Crippen LogP) is 7.07. The lowest BCUT2D eigenvalue weighted by atomic mass is 9.99. The second kappa shape index (κ2) is 13.2. The van der Waals surface area contributed by atoms with Crippen molar-refractivity contribution in [1.29, 1.82) is 0 Å². The fraction of sp³-hybridized carbons (Fsp3) is 0.135. The van der Waals surface area contributed by atoms with Crippen molar-refractivity contribution in [3.63, 3.8) is 0 Å². The Hall–Kier alpha value is -5.20. The smallest absolute Gasteiger partial charge is 0.333 e. The van der Waals surface area contributed by atoms with Crippen molar-refractivity contribution in [3.05, 3.63) is 151 Å². The molecule has 1 N–H and O–H groups in total. The van der Waals surface area contributed by atoms with Crippen LogP contribution in [0.1, 0.15) is 22.0 Å². The van der Waals surface area contributed by atoms with Crippen LogP contribution in [0.15, 0.2) is 140 Å². The molecule has 1 aliphatic heterocycles. The Morgan fingerprint density at radius 1 is 0.628 bits per heavy atom. The van der Waals surface area contributed by atoms with Crippen molar-refractivity contribution in [3.8, 4) is 16.9 Å². The normalized spacial score (nSPS) is 14.1. The highest BCUT2D eigenvalue weighted by atomic mass is 16.5. The minimum absolute atomic E-state index is 0.143. The van der Waals surface area contributed by atoms with E-state index in [4.69, 9.17) is 4.74 Å². The van der Waals surface area contributed by atoms with Gasteiger partial charge in [-0.25, -0.2) is 4.79 Å². The van der Waals surface area contributed by atoms with Crippen LogP contribution < -0.4 is 15.0 Å². The number of hydrogen-bond donors (Lipinski definition) is 1. The van der Waals surface area contributed by atoms with E-state index in [1.807, 2.05) is 127 Å². The summed E-state index contributed by atoms with van der Waals surface area (Å²) in [5.41, 5.74) is 5.27. The Labute approximate surface area is 252 Å². The van der Waals surface area contributed by atoms with Crippen LogP contribution in [0.3, 0.4) is 0 Å². The number of anilines is 2. The molecular formula is C37H33N3O3. The Morgan fingerprint density at radius 3 is 1.88 bits per heavy atom. The number of ether oxygens (including phenoxy) is 1. The van der Waals surface area contributed by atoms with E-state index >= 15 is 0 Å². The van der Waals surface area contributed by atoms with Crippen LogP contribution in [-0.2, 0) is 4.79 Å². The Kier molecular flexibility index (Phi) is 8.57. The topological polar surface area (TPSA) is 61.9 Å². The fourth-order valence-corrected chi connectivity index (χ4v) is 5.53. The fourth-order valence-electron chi connectivity index (χ4n) is 5.53. The number of hydrogen-bond acceptors (Lipinski definition) is 5. The van der Waals surface area contributed by atoms with Gasteiger partial charge < -0.3 is 15.0 Å². The predicted molar refractivity (Wildman–Crippen MR) is 171 cm³/mol. The Morgan fingerprint density at radius 2 is 1.21 bits per heavy atom. The van der Waals surface area contributed by atoms with Crippen molar-refractivity contribution in [1.82, 2.24) is 4.90 Å². The van der Waals surface area contributed by atoms with Crippen molar-refractivity contribution in [2.45, 2.75) is 6.04 Å². The molecule has 0 radical (unpaired) electrons. The lowest BCUT2D eigenvalue weighted by Gasteiger charge is -2.39. The summed E-state index contributed by atoms with van der Waals surface area (Å²) in [6.07, 6.45) is 0. The molecule has 1 amide bonds. The van der Waals surface area contributed by atoms with Gasteiger partial charge >= 0.3 is 5.97 Å². The quantitative estimate of drug-likeness (QED) is 0.160. The van der Waals surface area contributed by atoms with E-state index in [0.717, 1.165) is 41.2 Å². The Bertz CT molecular complexity index is 1650. The number of carbonyl (C=O) groups is 2. The van der Waals surface area contributed by atoms with Gasteiger partial charge in [-0.2, -0.15) is 0 Å². The first-order chi connectivity index (χ1) is 21.2. The van der Waals surface area contributed by atoms with Gasteiger partial charge in [0.25, 0.3) is 5.91 Å². The molecule has 0 saturated carbocycles. The first-order valence-corrected chi connectivity index (χ1v) is 14.5. The van der Waals surface area contributed by atoms with Crippen LogP contribution >= 0.6 is 0 Å². The average Bonchev–Trinajstić information content (AvgIpc) is 3.07. The number of carbonyl (C=O) groups excluding carboxylic acids is 2. The van der Waals surface area contributed by atoms with Gasteiger partial charge in [0.1, 0.15) is 11.8 Å². The molecule has 1 heterocycles. The zero-order valence-electron chi connectivity index (χ0n) is 23.8. The summed E-state index contributed by atoms with van der Waals surface area (Å²) in [7, 11) is 0. The van der Waals surface area contributed by atoms with Crippen molar-refractivity contribution in [2.24, 2.45) is 0 Å². The molecule has 1 atom stereocenters. The van der Waals surface area contributed by atoms with Crippen LogP contribution in [0.4, 0.5) is 11.4 Å². The summed E-state index contributed by atoms with van der Waals surface area (Å²) in [6, 6.07) is 44.1. The number of nitrogens with zero attached hydrogens (tertiary/aromatic N) is 2. The highest BCUT2D eigenvalue weighted by Gasteiger charge is 2.32. The standard InChI is InChI=1S/C37H33N3O3/c41-36(34-19-11-10-18-33(34)28-12-4-1-5-13-28)38-30-20-22-31(23-21-30)39-24-26-40(27-25-39)35(29-14-6-2-7-15-29)37(42)43-32-16-8-3-9-17-32/h1-23,35H,24-27H2,(H,38,41). The summed E-state index contributed by atoms with van der Waals surface area (Å²) in [4.78, 5) is 31.1. The third kappa shape index (κ3) is 6.66. The minimum atomic E-state index is -0.486. The third-order valence-corrected chi connectivity index (χ3v) is 7.73. The second-order valence-corrected chi connectivity index (χ2v) is 10.5. The molecule has 43 heavy (non-hydrogen) atoms. The molecule has 214 valence electrons. The molecule has 0 bridgehead atoms. The average molecular weight is 568 g/mol. The number of esters is 1. The molecule has 0 spiro atoms.